The van der Waals surface area contributed by atoms with Gasteiger partial charge in [-0.2, -0.15) is 5.10 Å². The molecule has 2 heterocycles. The lowest BCUT2D eigenvalue weighted by Crippen LogP contribution is -2.29. The summed E-state index contributed by atoms with van der Waals surface area (Å²) in [5.41, 5.74) is 0.751. The van der Waals surface area contributed by atoms with Crippen LogP contribution < -0.4 is 10.6 Å². The van der Waals surface area contributed by atoms with E-state index in [1.54, 1.807) is 6.20 Å². The largest absolute Gasteiger partial charge is 0.376 e. The van der Waals surface area contributed by atoms with Crippen LogP contribution >= 0.6 is 0 Å². The lowest BCUT2D eigenvalue weighted by molar-refractivity contribution is -0.115. The Labute approximate surface area is 118 Å². The minimum Gasteiger partial charge on any atom is -0.376 e. The molecule has 110 valence electrons. The Morgan fingerprint density at radius 1 is 1.45 bits per heavy atom. The molecule has 1 atom stereocenters. The topological polar surface area (TPSA) is 68.2 Å². The number of carbonyl (C=O) groups is 1. The van der Waals surface area contributed by atoms with E-state index in [1.165, 1.54) is 12.8 Å². The molecule has 0 bridgehead atoms. The van der Waals surface area contributed by atoms with Crippen molar-refractivity contribution >= 4 is 11.6 Å². The minimum atomic E-state index is -0.0117. The quantitative estimate of drug-likeness (QED) is 0.781. The summed E-state index contributed by atoms with van der Waals surface area (Å²) in [6, 6.07) is 0. The van der Waals surface area contributed by atoms with Crippen LogP contribution in [0.1, 0.15) is 25.7 Å². The highest BCUT2D eigenvalue weighted by Crippen LogP contribution is 2.27. The molecule has 2 fully saturated rings. The molecular weight excluding hydrogens is 256 g/mol. The molecule has 2 aliphatic rings. The van der Waals surface area contributed by atoms with Crippen LogP contribution in [-0.2, 0) is 16.1 Å². The van der Waals surface area contributed by atoms with Crippen LogP contribution in [0, 0.1) is 5.92 Å². The molecule has 3 rings (SSSR count). The van der Waals surface area contributed by atoms with Gasteiger partial charge in [0.2, 0.25) is 5.91 Å². The number of ether oxygens (including phenoxy) is 1. The molecular formula is C14H22N4O2. The maximum Gasteiger partial charge on any atom is 0.238 e. The first kappa shape index (κ1) is 13.6. The lowest BCUT2D eigenvalue weighted by atomic mass is 10.2. The normalized spacial score (nSPS) is 22.1. The third-order valence-electron chi connectivity index (χ3n) is 3.75. The van der Waals surface area contributed by atoms with Crippen LogP contribution in [0.25, 0.3) is 0 Å². The molecule has 6 heteroatoms. The molecule has 1 amide bonds. The van der Waals surface area contributed by atoms with E-state index in [-0.39, 0.29) is 12.0 Å². The molecule has 1 aromatic heterocycles. The number of aromatic nitrogens is 2. The van der Waals surface area contributed by atoms with E-state index in [9.17, 15) is 4.79 Å². The first-order valence-corrected chi connectivity index (χ1v) is 7.44. The summed E-state index contributed by atoms with van der Waals surface area (Å²) >= 11 is 0. The van der Waals surface area contributed by atoms with Crippen molar-refractivity contribution in [1.29, 1.82) is 0 Å². The molecule has 1 aliphatic carbocycles. The predicted octanol–water partition coefficient (Wildman–Crippen LogP) is 1.00. The Morgan fingerprint density at radius 3 is 3.10 bits per heavy atom. The van der Waals surface area contributed by atoms with Crippen LogP contribution in [0.15, 0.2) is 12.4 Å². The van der Waals surface area contributed by atoms with Crippen molar-refractivity contribution in [1.82, 2.24) is 15.1 Å². The van der Waals surface area contributed by atoms with Crippen LogP contribution in [0.4, 0.5) is 5.69 Å². The summed E-state index contributed by atoms with van der Waals surface area (Å²) in [5.74, 6) is 0.777. The molecule has 1 aliphatic heterocycles. The fourth-order valence-corrected chi connectivity index (χ4v) is 2.44. The maximum atomic E-state index is 11.7. The third kappa shape index (κ3) is 4.05. The van der Waals surface area contributed by atoms with E-state index < -0.39 is 0 Å². The molecule has 2 N–H and O–H groups in total. The number of hydrogen-bond acceptors (Lipinski definition) is 4. The first-order valence-electron chi connectivity index (χ1n) is 7.44. The number of nitrogens with zero attached hydrogens (tertiary/aromatic N) is 2. The van der Waals surface area contributed by atoms with Crippen molar-refractivity contribution in [2.45, 2.75) is 38.3 Å². The highest BCUT2D eigenvalue weighted by Gasteiger charge is 2.20. The number of hydrogen-bond donors (Lipinski definition) is 2. The summed E-state index contributed by atoms with van der Waals surface area (Å²) in [6.45, 7) is 2.93. The number of nitrogens with one attached hydrogen (secondary N) is 2. The fourth-order valence-electron chi connectivity index (χ4n) is 2.44. The van der Waals surface area contributed by atoms with Crippen molar-refractivity contribution in [3.05, 3.63) is 12.4 Å². The summed E-state index contributed by atoms with van der Waals surface area (Å²) in [5, 5.41) is 10.3. The van der Waals surface area contributed by atoms with E-state index in [0.29, 0.717) is 6.54 Å². The maximum absolute atomic E-state index is 11.7. The molecule has 0 aromatic carbocycles. The van der Waals surface area contributed by atoms with E-state index in [4.69, 9.17) is 4.74 Å². The average Bonchev–Trinajstić information content (AvgIpc) is 2.92. The van der Waals surface area contributed by atoms with Gasteiger partial charge in [-0.05, 0) is 38.1 Å². The number of amides is 1. The summed E-state index contributed by atoms with van der Waals surface area (Å²) in [7, 11) is 0. The standard InChI is InChI=1S/C14H22N4O2/c19-14(8-15-6-11-3-4-11)17-12-7-16-18(9-12)10-13-2-1-5-20-13/h7,9,11,13,15H,1-6,8,10H2,(H,17,19). The van der Waals surface area contributed by atoms with Gasteiger partial charge in [0.1, 0.15) is 0 Å². The Morgan fingerprint density at radius 2 is 2.35 bits per heavy atom. The molecule has 0 radical (unpaired) electrons. The second kappa shape index (κ2) is 6.37. The zero-order valence-corrected chi connectivity index (χ0v) is 11.7. The highest BCUT2D eigenvalue weighted by molar-refractivity contribution is 5.91. The Kier molecular flexibility index (Phi) is 4.32. The van der Waals surface area contributed by atoms with Gasteiger partial charge in [0.15, 0.2) is 0 Å². The van der Waals surface area contributed by atoms with Gasteiger partial charge >= 0.3 is 0 Å². The van der Waals surface area contributed by atoms with Gasteiger partial charge in [0.05, 0.1) is 31.1 Å². The minimum absolute atomic E-state index is 0.0117. The fraction of sp³-hybridized carbons (Fsp3) is 0.714. The van der Waals surface area contributed by atoms with Gasteiger partial charge in [-0.25, -0.2) is 0 Å². The van der Waals surface area contributed by atoms with Crippen LogP contribution in [0.5, 0.6) is 0 Å². The van der Waals surface area contributed by atoms with Gasteiger partial charge in [-0.15, -0.1) is 0 Å². The number of carbonyl (C=O) groups excluding carboxylic acids is 1. The van der Waals surface area contributed by atoms with E-state index in [0.717, 1.165) is 44.1 Å². The molecule has 0 spiro atoms. The highest BCUT2D eigenvalue weighted by atomic mass is 16.5. The molecule has 1 saturated heterocycles. The predicted molar refractivity (Wildman–Crippen MR) is 75.4 cm³/mol. The van der Waals surface area contributed by atoms with E-state index >= 15 is 0 Å². The van der Waals surface area contributed by atoms with Crippen molar-refractivity contribution in [2.75, 3.05) is 25.0 Å². The van der Waals surface area contributed by atoms with Crippen molar-refractivity contribution in [3.8, 4) is 0 Å². The first-order chi connectivity index (χ1) is 9.79. The zero-order valence-electron chi connectivity index (χ0n) is 11.7. The van der Waals surface area contributed by atoms with Crippen molar-refractivity contribution in [2.24, 2.45) is 5.92 Å². The van der Waals surface area contributed by atoms with E-state index in [2.05, 4.69) is 15.7 Å². The number of anilines is 1. The van der Waals surface area contributed by atoms with Crippen LogP contribution in [-0.4, -0.2) is 41.5 Å². The average molecular weight is 278 g/mol. The smallest absolute Gasteiger partial charge is 0.238 e. The van der Waals surface area contributed by atoms with Gasteiger partial charge in [0, 0.05) is 12.8 Å². The molecule has 6 nitrogen and oxygen atoms in total. The van der Waals surface area contributed by atoms with Gasteiger partial charge < -0.3 is 15.4 Å². The monoisotopic (exact) mass is 278 g/mol. The second-order valence-corrected chi connectivity index (χ2v) is 5.71. The third-order valence-corrected chi connectivity index (χ3v) is 3.75. The summed E-state index contributed by atoms with van der Waals surface area (Å²) < 4.78 is 7.41. The van der Waals surface area contributed by atoms with Crippen molar-refractivity contribution < 1.29 is 9.53 Å². The lowest BCUT2D eigenvalue weighted by Gasteiger charge is -2.08. The molecule has 20 heavy (non-hydrogen) atoms. The van der Waals surface area contributed by atoms with Gasteiger partial charge in [0.25, 0.3) is 0 Å². The molecule has 1 saturated carbocycles. The van der Waals surface area contributed by atoms with Crippen LogP contribution in [0.3, 0.4) is 0 Å². The Balaban J connectivity index is 1.40. The number of rotatable bonds is 7. The Bertz CT molecular complexity index is 450. The molecule has 1 unspecified atom stereocenters. The van der Waals surface area contributed by atoms with E-state index in [1.807, 2.05) is 10.9 Å². The van der Waals surface area contributed by atoms with Crippen LogP contribution in [0.2, 0.25) is 0 Å². The second-order valence-electron chi connectivity index (χ2n) is 5.71. The Hall–Kier alpha value is -1.40. The molecule has 1 aromatic rings. The SMILES string of the molecule is O=C(CNCC1CC1)Nc1cnn(CC2CCCO2)c1. The summed E-state index contributed by atoms with van der Waals surface area (Å²) in [6.07, 6.45) is 8.62. The summed E-state index contributed by atoms with van der Waals surface area (Å²) in [4.78, 5) is 11.7. The van der Waals surface area contributed by atoms with Gasteiger partial charge in [-0.3, -0.25) is 9.48 Å². The van der Waals surface area contributed by atoms with Crippen molar-refractivity contribution in [3.63, 3.8) is 0 Å². The van der Waals surface area contributed by atoms with Gasteiger partial charge in [-0.1, -0.05) is 0 Å². The zero-order chi connectivity index (χ0) is 13.8.